The molecule has 22 heavy (non-hydrogen) atoms. The van der Waals surface area contributed by atoms with Gasteiger partial charge in [-0.2, -0.15) is 0 Å². The quantitative estimate of drug-likeness (QED) is 0.782. The standard InChI is InChI=1S/C16H23FN2O3/c1-10-9-18-15(22-10)12-8-11-4-5-13(14(12)16(20)21-2)19(11)7-3-6-17/h9,11-14H,3-8H2,1-2H3. The lowest BCUT2D eigenvalue weighted by Crippen LogP contribution is -2.51. The van der Waals surface area contributed by atoms with E-state index in [1.54, 1.807) is 6.20 Å². The van der Waals surface area contributed by atoms with Crippen molar-refractivity contribution >= 4 is 5.97 Å². The van der Waals surface area contributed by atoms with Crippen LogP contribution < -0.4 is 0 Å². The highest BCUT2D eigenvalue weighted by molar-refractivity contribution is 5.74. The third-order valence-electron chi connectivity index (χ3n) is 5.04. The molecule has 1 aromatic heterocycles. The Morgan fingerprint density at radius 2 is 2.36 bits per heavy atom. The van der Waals surface area contributed by atoms with Gasteiger partial charge >= 0.3 is 5.97 Å². The summed E-state index contributed by atoms with van der Waals surface area (Å²) in [6.45, 7) is 2.24. The second kappa shape index (κ2) is 6.36. The van der Waals surface area contributed by atoms with E-state index in [9.17, 15) is 9.18 Å². The van der Waals surface area contributed by atoms with Crippen LogP contribution in [0.25, 0.3) is 0 Å². The molecule has 2 bridgehead atoms. The molecule has 0 amide bonds. The second-order valence-corrected chi connectivity index (χ2v) is 6.28. The van der Waals surface area contributed by atoms with Gasteiger partial charge in [-0.05, 0) is 32.6 Å². The van der Waals surface area contributed by atoms with Crippen LogP contribution in [0.2, 0.25) is 0 Å². The number of carbonyl (C=O) groups is 1. The molecule has 0 radical (unpaired) electrons. The average Bonchev–Trinajstić information content (AvgIpc) is 3.06. The Bertz CT molecular complexity index is 533. The smallest absolute Gasteiger partial charge is 0.311 e. The number of hydrogen-bond donors (Lipinski definition) is 0. The first kappa shape index (κ1) is 15.5. The van der Waals surface area contributed by atoms with Gasteiger partial charge in [-0.3, -0.25) is 14.1 Å². The minimum Gasteiger partial charge on any atom is -0.469 e. The Balaban J connectivity index is 1.87. The number of halogens is 1. The number of ether oxygens (including phenoxy) is 1. The summed E-state index contributed by atoms with van der Waals surface area (Å²) in [5.41, 5.74) is 0. The summed E-state index contributed by atoms with van der Waals surface area (Å²) in [5, 5.41) is 0. The Hall–Kier alpha value is -1.43. The van der Waals surface area contributed by atoms with Crippen molar-refractivity contribution in [3.8, 4) is 0 Å². The van der Waals surface area contributed by atoms with Gasteiger partial charge < -0.3 is 9.15 Å². The molecule has 3 heterocycles. The highest BCUT2D eigenvalue weighted by atomic mass is 19.1. The van der Waals surface area contributed by atoms with E-state index < -0.39 is 0 Å². The molecule has 4 atom stereocenters. The molecule has 0 N–H and O–H groups in total. The maximum atomic E-state index is 12.5. The van der Waals surface area contributed by atoms with E-state index in [0.29, 0.717) is 24.9 Å². The lowest BCUT2D eigenvalue weighted by Gasteiger charge is -2.42. The lowest BCUT2D eigenvalue weighted by atomic mass is 9.79. The molecule has 2 aliphatic heterocycles. The summed E-state index contributed by atoms with van der Waals surface area (Å²) in [5.74, 6) is 0.860. The minimum atomic E-state index is -0.318. The van der Waals surface area contributed by atoms with Crippen LogP contribution in [0.15, 0.2) is 10.6 Å². The Morgan fingerprint density at radius 3 is 3.00 bits per heavy atom. The van der Waals surface area contributed by atoms with Crippen LogP contribution in [0.3, 0.4) is 0 Å². The predicted molar refractivity (Wildman–Crippen MR) is 78.2 cm³/mol. The minimum absolute atomic E-state index is 0.0414. The first-order chi connectivity index (χ1) is 10.7. The van der Waals surface area contributed by atoms with Crippen molar-refractivity contribution in [2.45, 2.75) is 50.6 Å². The van der Waals surface area contributed by atoms with E-state index in [1.807, 2.05) is 6.92 Å². The van der Waals surface area contributed by atoms with Crippen LogP contribution in [0.5, 0.6) is 0 Å². The molecule has 5 nitrogen and oxygen atoms in total. The number of alkyl halides is 1. The zero-order valence-electron chi connectivity index (χ0n) is 13.1. The van der Waals surface area contributed by atoms with Crippen molar-refractivity contribution in [3.05, 3.63) is 17.8 Å². The van der Waals surface area contributed by atoms with Crippen molar-refractivity contribution in [1.82, 2.24) is 9.88 Å². The topological polar surface area (TPSA) is 55.6 Å². The van der Waals surface area contributed by atoms with Gasteiger partial charge in [-0.1, -0.05) is 0 Å². The number of aromatic nitrogens is 1. The number of oxazole rings is 1. The zero-order valence-corrected chi connectivity index (χ0v) is 13.1. The van der Waals surface area contributed by atoms with E-state index in [4.69, 9.17) is 9.15 Å². The molecule has 0 aromatic carbocycles. The molecule has 3 rings (SSSR count). The lowest BCUT2D eigenvalue weighted by molar-refractivity contribution is -0.151. The van der Waals surface area contributed by atoms with Gasteiger partial charge in [0.15, 0.2) is 5.89 Å². The van der Waals surface area contributed by atoms with Crippen molar-refractivity contribution in [3.63, 3.8) is 0 Å². The summed E-state index contributed by atoms with van der Waals surface area (Å²) in [7, 11) is 1.42. The summed E-state index contributed by atoms with van der Waals surface area (Å²) in [4.78, 5) is 19.0. The fourth-order valence-corrected chi connectivity index (χ4v) is 4.16. The van der Waals surface area contributed by atoms with E-state index in [0.717, 1.165) is 25.0 Å². The third kappa shape index (κ3) is 2.64. The molecular weight excluding hydrogens is 287 g/mol. The number of methoxy groups -OCH3 is 1. The molecule has 0 aliphatic carbocycles. The summed E-state index contributed by atoms with van der Waals surface area (Å²) in [6.07, 6.45) is 5.03. The molecule has 0 saturated carbocycles. The predicted octanol–water partition coefficient (Wildman–Crippen LogP) is 2.45. The number of fused-ring (bicyclic) bond motifs is 2. The molecule has 6 heteroatoms. The van der Waals surface area contributed by atoms with Crippen molar-refractivity contribution in [2.24, 2.45) is 5.92 Å². The summed E-state index contributed by atoms with van der Waals surface area (Å²) >= 11 is 0. The monoisotopic (exact) mass is 310 g/mol. The summed E-state index contributed by atoms with van der Waals surface area (Å²) < 4.78 is 23.3. The van der Waals surface area contributed by atoms with E-state index in [2.05, 4.69) is 9.88 Å². The fraction of sp³-hybridized carbons (Fsp3) is 0.750. The number of carbonyl (C=O) groups excluding carboxylic acids is 1. The summed E-state index contributed by atoms with van der Waals surface area (Å²) in [6, 6.07) is 0.490. The van der Waals surface area contributed by atoms with Gasteiger partial charge in [-0.25, -0.2) is 4.98 Å². The molecule has 4 unspecified atom stereocenters. The fourth-order valence-electron chi connectivity index (χ4n) is 4.16. The van der Waals surface area contributed by atoms with Crippen LogP contribution in [-0.4, -0.2) is 48.3 Å². The average molecular weight is 310 g/mol. The second-order valence-electron chi connectivity index (χ2n) is 6.28. The van der Waals surface area contributed by atoms with E-state index >= 15 is 0 Å². The Morgan fingerprint density at radius 1 is 1.55 bits per heavy atom. The highest BCUT2D eigenvalue weighted by Crippen LogP contribution is 2.47. The van der Waals surface area contributed by atoms with Gasteiger partial charge in [0.25, 0.3) is 0 Å². The first-order valence-electron chi connectivity index (χ1n) is 7.97. The molecule has 2 saturated heterocycles. The third-order valence-corrected chi connectivity index (χ3v) is 5.04. The number of hydrogen-bond acceptors (Lipinski definition) is 5. The molecular formula is C16H23FN2O3. The van der Waals surface area contributed by atoms with Crippen LogP contribution >= 0.6 is 0 Å². The van der Waals surface area contributed by atoms with Crippen LogP contribution in [0, 0.1) is 12.8 Å². The number of rotatable bonds is 5. The van der Waals surface area contributed by atoms with Crippen LogP contribution in [-0.2, 0) is 9.53 Å². The maximum Gasteiger partial charge on any atom is 0.311 e. The molecule has 2 aliphatic rings. The molecule has 122 valence electrons. The van der Waals surface area contributed by atoms with Gasteiger partial charge in [-0.15, -0.1) is 0 Å². The number of esters is 1. The van der Waals surface area contributed by atoms with Crippen molar-refractivity contribution in [1.29, 1.82) is 0 Å². The van der Waals surface area contributed by atoms with Crippen molar-refractivity contribution in [2.75, 3.05) is 20.3 Å². The van der Waals surface area contributed by atoms with E-state index in [1.165, 1.54) is 7.11 Å². The number of piperidine rings is 1. The molecule has 0 spiro atoms. The zero-order chi connectivity index (χ0) is 15.7. The molecule has 1 aromatic rings. The van der Waals surface area contributed by atoms with Crippen LogP contribution in [0.4, 0.5) is 4.39 Å². The highest BCUT2D eigenvalue weighted by Gasteiger charge is 2.52. The Kier molecular flexibility index (Phi) is 4.47. The first-order valence-corrected chi connectivity index (χ1v) is 7.97. The molecule has 2 fully saturated rings. The van der Waals surface area contributed by atoms with Gasteiger partial charge in [0.1, 0.15) is 5.76 Å². The maximum absolute atomic E-state index is 12.5. The Labute approximate surface area is 129 Å². The van der Waals surface area contributed by atoms with Gasteiger partial charge in [0.05, 0.1) is 31.8 Å². The normalized spacial score (nSPS) is 31.4. The SMILES string of the molecule is COC(=O)C1C(c2ncc(C)o2)CC2CCC1N2CCCF. The van der Waals surface area contributed by atoms with Gasteiger partial charge in [0, 0.05) is 18.6 Å². The largest absolute Gasteiger partial charge is 0.469 e. The number of aryl methyl sites for hydroxylation is 1. The van der Waals surface area contributed by atoms with Crippen LogP contribution in [0.1, 0.15) is 43.3 Å². The number of nitrogens with zero attached hydrogens (tertiary/aromatic N) is 2. The van der Waals surface area contributed by atoms with E-state index in [-0.39, 0.29) is 30.5 Å². The van der Waals surface area contributed by atoms with Gasteiger partial charge in [0.2, 0.25) is 0 Å². The van der Waals surface area contributed by atoms with Crippen molar-refractivity contribution < 1.29 is 18.3 Å².